The van der Waals surface area contributed by atoms with E-state index in [9.17, 15) is 5.11 Å². The quantitative estimate of drug-likeness (QED) is 0.676. The zero-order valence-corrected chi connectivity index (χ0v) is 14.9. The Labute approximate surface area is 131 Å². The molecule has 1 rings (SSSR count). The molecular formula is C17H36N2O2. The highest BCUT2D eigenvalue weighted by molar-refractivity contribution is 4.85. The van der Waals surface area contributed by atoms with Crippen LogP contribution in [0.3, 0.4) is 0 Å². The van der Waals surface area contributed by atoms with Crippen molar-refractivity contribution in [1.82, 2.24) is 10.2 Å². The predicted molar refractivity (Wildman–Crippen MR) is 88.7 cm³/mol. The Bertz CT molecular complexity index is 307. The number of morpholine rings is 1. The molecule has 0 aromatic carbocycles. The lowest BCUT2D eigenvalue weighted by Crippen LogP contribution is -2.52. The Kier molecular flexibility index (Phi) is 7.11. The van der Waals surface area contributed by atoms with Crippen LogP contribution in [0, 0.1) is 0 Å². The van der Waals surface area contributed by atoms with Crippen LogP contribution in [0.15, 0.2) is 0 Å². The average molecular weight is 300 g/mol. The number of rotatable bonds is 8. The van der Waals surface area contributed by atoms with Gasteiger partial charge in [-0.1, -0.05) is 20.3 Å². The van der Waals surface area contributed by atoms with Crippen molar-refractivity contribution in [2.75, 3.05) is 26.2 Å². The highest BCUT2D eigenvalue weighted by Gasteiger charge is 2.31. The van der Waals surface area contributed by atoms with Gasteiger partial charge in [0, 0.05) is 24.7 Å². The fraction of sp³-hybridized carbons (Fsp3) is 1.00. The first kappa shape index (κ1) is 18.9. The van der Waals surface area contributed by atoms with E-state index in [1.807, 2.05) is 0 Å². The van der Waals surface area contributed by atoms with Gasteiger partial charge < -0.3 is 15.2 Å². The Balaban J connectivity index is 2.30. The first-order valence-electron chi connectivity index (χ1n) is 8.44. The average Bonchev–Trinajstić information content (AvgIpc) is 2.31. The Morgan fingerprint density at radius 1 is 1.38 bits per heavy atom. The summed E-state index contributed by atoms with van der Waals surface area (Å²) in [5, 5.41) is 13.1. The topological polar surface area (TPSA) is 44.7 Å². The van der Waals surface area contributed by atoms with Crippen LogP contribution in [0.5, 0.6) is 0 Å². The van der Waals surface area contributed by atoms with E-state index >= 15 is 0 Å². The monoisotopic (exact) mass is 300 g/mol. The van der Waals surface area contributed by atoms with Crippen LogP contribution in [0.25, 0.3) is 0 Å². The minimum absolute atomic E-state index is 0.0313. The molecule has 0 amide bonds. The molecule has 21 heavy (non-hydrogen) atoms. The van der Waals surface area contributed by atoms with Crippen LogP contribution >= 0.6 is 0 Å². The van der Waals surface area contributed by atoms with E-state index in [1.165, 1.54) is 6.42 Å². The number of unbranched alkanes of at least 4 members (excludes halogenated alkanes) is 1. The Hall–Kier alpha value is -0.160. The molecule has 0 aliphatic carbocycles. The highest BCUT2D eigenvalue weighted by atomic mass is 16.5. The van der Waals surface area contributed by atoms with Gasteiger partial charge in [-0.3, -0.25) is 4.90 Å². The molecule has 2 unspecified atom stereocenters. The molecule has 0 bridgehead atoms. The van der Waals surface area contributed by atoms with Crippen molar-refractivity contribution in [1.29, 1.82) is 0 Å². The van der Waals surface area contributed by atoms with E-state index < -0.39 is 0 Å². The molecule has 4 heteroatoms. The summed E-state index contributed by atoms with van der Waals surface area (Å²) in [6.07, 6.45) is 3.66. The standard InChI is InChI=1S/C17H36N2O2/c1-14(2)18-17(6,13-20)9-7-8-10-19-11-15(3)21-16(4,5)12-19/h14-15,18,20H,7-13H2,1-6H3. The first-order valence-corrected chi connectivity index (χ1v) is 8.44. The number of hydrogen-bond acceptors (Lipinski definition) is 4. The highest BCUT2D eigenvalue weighted by Crippen LogP contribution is 2.21. The molecule has 2 atom stereocenters. The molecule has 0 saturated carbocycles. The van der Waals surface area contributed by atoms with Crippen molar-refractivity contribution < 1.29 is 9.84 Å². The third-order valence-corrected chi connectivity index (χ3v) is 4.08. The van der Waals surface area contributed by atoms with Crippen LogP contribution in [-0.2, 0) is 4.74 Å². The number of nitrogens with zero attached hydrogens (tertiary/aromatic N) is 1. The summed E-state index contributed by atoms with van der Waals surface area (Å²) in [6, 6.07) is 0.406. The number of hydrogen-bond donors (Lipinski definition) is 2. The molecule has 0 radical (unpaired) electrons. The molecule has 1 aliphatic heterocycles. The van der Waals surface area contributed by atoms with Gasteiger partial charge >= 0.3 is 0 Å². The molecule has 2 N–H and O–H groups in total. The summed E-state index contributed by atoms with van der Waals surface area (Å²) < 4.78 is 5.94. The summed E-state index contributed by atoms with van der Waals surface area (Å²) >= 11 is 0. The second-order valence-electron chi connectivity index (χ2n) is 7.90. The van der Waals surface area contributed by atoms with Crippen molar-refractivity contribution in [2.24, 2.45) is 0 Å². The summed E-state index contributed by atoms with van der Waals surface area (Å²) in [4.78, 5) is 2.51. The summed E-state index contributed by atoms with van der Waals surface area (Å²) in [5.74, 6) is 0. The minimum atomic E-state index is -0.147. The van der Waals surface area contributed by atoms with Crippen LogP contribution in [0.2, 0.25) is 0 Å². The fourth-order valence-electron chi connectivity index (χ4n) is 3.50. The van der Waals surface area contributed by atoms with Gasteiger partial charge in [-0.05, 0) is 47.1 Å². The van der Waals surface area contributed by atoms with E-state index in [1.54, 1.807) is 0 Å². The van der Waals surface area contributed by atoms with Gasteiger partial charge in [0.1, 0.15) is 0 Å². The van der Waals surface area contributed by atoms with Crippen LogP contribution in [0.1, 0.15) is 60.8 Å². The zero-order chi connectivity index (χ0) is 16.1. The zero-order valence-electron chi connectivity index (χ0n) is 14.9. The summed E-state index contributed by atoms with van der Waals surface area (Å²) in [7, 11) is 0. The third-order valence-electron chi connectivity index (χ3n) is 4.08. The maximum atomic E-state index is 9.60. The van der Waals surface area contributed by atoms with Crippen molar-refractivity contribution in [3.63, 3.8) is 0 Å². The lowest BCUT2D eigenvalue weighted by atomic mass is 9.94. The SMILES string of the molecule is CC(C)NC(C)(CO)CCCCN1CC(C)OC(C)(C)C1. The lowest BCUT2D eigenvalue weighted by Gasteiger charge is -2.42. The lowest BCUT2D eigenvalue weighted by molar-refractivity contribution is -0.128. The third kappa shape index (κ3) is 7.09. The predicted octanol–water partition coefficient (Wildman–Crippen LogP) is 2.41. The summed E-state index contributed by atoms with van der Waals surface area (Å²) in [5.41, 5.74) is -0.178. The van der Waals surface area contributed by atoms with E-state index in [0.29, 0.717) is 12.1 Å². The second kappa shape index (κ2) is 7.91. The molecule has 1 aliphatic rings. The van der Waals surface area contributed by atoms with Crippen molar-refractivity contribution in [3.05, 3.63) is 0 Å². The van der Waals surface area contributed by atoms with E-state index in [4.69, 9.17) is 4.74 Å². The number of ether oxygens (including phenoxy) is 1. The van der Waals surface area contributed by atoms with Crippen molar-refractivity contribution in [3.8, 4) is 0 Å². The minimum Gasteiger partial charge on any atom is -0.394 e. The van der Waals surface area contributed by atoms with Crippen LogP contribution in [-0.4, -0.2) is 59.5 Å². The number of nitrogens with one attached hydrogen (secondary N) is 1. The molecule has 0 aromatic heterocycles. The largest absolute Gasteiger partial charge is 0.394 e. The second-order valence-corrected chi connectivity index (χ2v) is 7.90. The number of aliphatic hydroxyl groups excluding tert-OH is 1. The van der Waals surface area contributed by atoms with Gasteiger partial charge in [-0.2, -0.15) is 0 Å². The maximum Gasteiger partial charge on any atom is 0.0757 e. The molecular weight excluding hydrogens is 264 g/mol. The summed E-state index contributed by atoms with van der Waals surface area (Å²) in [6.45, 7) is 16.2. The van der Waals surface area contributed by atoms with E-state index in [0.717, 1.165) is 32.5 Å². The molecule has 126 valence electrons. The van der Waals surface area contributed by atoms with Crippen molar-refractivity contribution in [2.45, 2.75) is 84.1 Å². The van der Waals surface area contributed by atoms with Gasteiger partial charge in [-0.25, -0.2) is 0 Å². The van der Waals surface area contributed by atoms with Gasteiger partial charge in [0.05, 0.1) is 18.3 Å². The van der Waals surface area contributed by atoms with Crippen molar-refractivity contribution >= 4 is 0 Å². The van der Waals surface area contributed by atoms with Crippen LogP contribution in [0.4, 0.5) is 0 Å². The Morgan fingerprint density at radius 2 is 2.05 bits per heavy atom. The maximum absolute atomic E-state index is 9.60. The first-order chi connectivity index (χ1) is 9.66. The van der Waals surface area contributed by atoms with E-state index in [-0.39, 0.29) is 17.7 Å². The van der Waals surface area contributed by atoms with Crippen LogP contribution < -0.4 is 5.32 Å². The molecule has 1 fully saturated rings. The van der Waals surface area contributed by atoms with Gasteiger partial charge in [0.25, 0.3) is 0 Å². The fourth-order valence-corrected chi connectivity index (χ4v) is 3.50. The molecule has 1 heterocycles. The molecule has 4 nitrogen and oxygen atoms in total. The molecule has 0 spiro atoms. The molecule has 1 saturated heterocycles. The van der Waals surface area contributed by atoms with Gasteiger partial charge in [0.2, 0.25) is 0 Å². The molecule has 0 aromatic rings. The van der Waals surface area contributed by atoms with Gasteiger partial charge in [-0.15, -0.1) is 0 Å². The Morgan fingerprint density at radius 3 is 2.57 bits per heavy atom. The van der Waals surface area contributed by atoms with Gasteiger partial charge in [0.15, 0.2) is 0 Å². The normalized spacial score (nSPS) is 26.0. The smallest absolute Gasteiger partial charge is 0.0757 e. The van der Waals surface area contributed by atoms with E-state index in [2.05, 4.69) is 51.8 Å². The number of aliphatic hydroxyl groups is 1.